The molecule has 0 bridgehead atoms. The van der Waals surface area contributed by atoms with Crippen LogP contribution in [-0.2, 0) is 23.6 Å². The molecular weight excluding hydrogens is 288 g/mol. The Labute approximate surface area is 127 Å². The molecule has 1 unspecified atom stereocenters. The number of nitrogens with zero attached hydrogens (tertiary/aromatic N) is 2. The van der Waals surface area contributed by atoms with Gasteiger partial charge in [-0.2, -0.15) is 0 Å². The molecule has 1 aliphatic heterocycles. The van der Waals surface area contributed by atoms with Gasteiger partial charge in [-0.05, 0) is 38.8 Å². The Balaban J connectivity index is 1.95. The highest BCUT2D eigenvalue weighted by molar-refractivity contribution is 7.89. The van der Waals surface area contributed by atoms with Gasteiger partial charge in [-0.1, -0.05) is 0 Å². The van der Waals surface area contributed by atoms with Crippen molar-refractivity contribution in [1.82, 2.24) is 14.2 Å². The fourth-order valence-electron chi connectivity index (χ4n) is 2.74. The molecule has 2 rings (SSSR count). The van der Waals surface area contributed by atoms with Crippen LogP contribution in [0.3, 0.4) is 0 Å². The van der Waals surface area contributed by atoms with E-state index in [0.717, 1.165) is 25.2 Å². The van der Waals surface area contributed by atoms with Gasteiger partial charge in [-0.15, -0.1) is 0 Å². The van der Waals surface area contributed by atoms with Crippen molar-refractivity contribution in [3.05, 3.63) is 18.0 Å². The first-order valence-corrected chi connectivity index (χ1v) is 8.91. The van der Waals surface area contributed by atoms with Crippen LogP contribution in [0.25, 0.3) is 0 Å². The zero-order valence-electron chi connectivity index (χ0n) is 13.0. The zero-order chi connectivity index (χ0) is 15.6. The number of nitrogens with one attached hydrogen (secondary N) is 1. The molecule has 7 heteroatoms. The lowest BCUT2D eigenvalue weighted by atomic mass is 10.1. The third-order valence-electron chi connectivity index (χ3n) is 4.21. The number of aromatic nitrogens is 1. The standard InChI is InChI=1S/C14H26N4O2S/c1-11(2)18-5-4-12(9-18)8-16-21(19,20)14-6-13(7-15)17(3)10-14/h6,10-12,16H,4-5,7-9,15H2,1-3H3. The van der Waals surface area contributed by atoms with Crippen LogP contribution in [-0.4, -0.2) is 43.6 Å². The van der Waals surface area contributed by atoms with Gasteiger partial charge in [0.2, 0.25) is 10.0 Å². The van der Waals surface area contributed by atoms with Crippen molar-refractivity contribution in [1.29, 1.82) is 0 Å². The van der Waals surface area contributed by atoms with E-state index in [2.05, 4.69) is 23.5 Å². The summed E-state index contributed by atoms with van der Waals surface area (Å²) in [5.41, 5.74) is 6.39. The zero-order valence-corrected chi connectivity index (χ0v) is 13.9. The molecule has 1 saturated heterocycles. The van der Waals surface area contributed by atoms with E-state index in [9.17, 15) is 8.42 Å². The summed E-state index contributed by atoms with van der Waals surface area (Å²) in [6.07, 6.45) is 2.66. The van der Waals surface area contributed by atoms with Crippen molar-refractivity contribution in [2.24, 2.45) is 18.7 Å². The van der Waals surface area contributed by atoms with Gasteiger partial charge < -0.3 is 15.2 Å². The second-order valence-corrected chi connectivity index (χ2v) is 7.84. The molecule has 6 nitrogen and oxygen atoms in total. The summed E-state index contributed by atoms with van der Waals surface area (Å²) in [5, 5.41) is 0. The van der Waals surface area contributed by atoms with Crippen molar-refractivity contribution in [3.63, 3.8) is 0 Å². The van der Waals surface area contributed by atoms with Gasteiger partial charge in [-0.3, -0.25) is 0 Å². The van der Waals surface area contributed by atoms with Crippen LogP contribution in [0.2, 0.25) is 0 Å². The molecule has 1 atom stereocenters. The minimum Gasteiger partial charge on any atom is -0.352 e. The van der Waals surface area contributed by atoms with Crippen LogP contribution >= 0.6 is 0 Å². The molecule has 0 spiro atoms. The fourth-order valence-corrected chi connectivity index (χ4v) is 3.95. The summed E-state index contributed by atoms with van der Waals surface area (Å²) < 4.78 is 29.1. The van der Waals surface area contributed by atoms with Crippen LogP contribution in [0, 0.1) is 5.92 Å². The summed E-state index contributed by atoms with van der Waals surface area (Å²) in [5.74, 6) is 0.389. The quantitative estimate of drug-likeness (QED) is 0.801. The van der Waals surface area contributed by atoms with E-state index in [-0.39, 0.29) is 0 Å². The van der Waals surface area contributed by atoms with Crippen LogP contribution in [0.5, 0.6) is 0 Å². The lowest BCUT2D eigenvalue weighted by Crippen LogP contribution is -2.32. The highest BCUT2D eigenvalue weighted by Gasteiger charge is 2.26. The number of rotatable bonds is 6. The summed E-state index contributed by atoms with van der Waals surface area (Å²) in [7, 11) is -1.64. The van der Waals surface area contributed by atoms with Crippen molar-refractivity contribution < 1.29 is 8.42 Å². The van der Waals surface area contributed by atoms with E-state index in [1.165, 1.54) is 0 Å². The number of likely N-dealkylation sites (tertiary alicyclic amines) is 1. The summed E-state index contributed by atoms with van der Waals surface area (Å²) in [6, 6.07) is 2.16. The molecule has 0 aliphatic carbocycles. The molecule has 2 heterocycles. The SMILES string of the molecule is CC(C)N1CCC(CNS(=O)(=O)c2cc(CN)n(C)c2)C1. The van der Waals surface area contributed by atoms with Gasteiger partial charge in [0, 0.05) is 44.6 Å². The minimum absolute atomic E-state index is 0.296. The van der Waals surface area contributed by atoms with E-state index in [0.29, 0.717) is 29.9 Å². The molecule has 0 saturated carbocycles. The predicted octanol–water partition coefficient (Wildman–Crippen LogP) is 0.492. The molecule has 0 aromatic carbocycles. The Hall–Kier alpha value is -0.890. The normalized spacial score (nSPS) is 20.5. The summed E-state index contributed by atoms with van der Waals surface area (Å²) >= 11 is 0. The van der Waals surface area contributed by atoms with Gasteiger partial charge in [0.1, 0.15) is 0 Å². The van der Waals surface area contributed by atoms with Crippen molar-refractivity contribution in [3.8, 4) is 0 Å². The second-order valence-electron chi connectivity index (χ2n) is 6.08. The molecule has 1 aromatic rings. The number of sulfonamides is 1. The third kappa shape index (κ3) is 3.85. The van der Waals surface area contributed by atoms with E-state index >= 15 is 0 Å². The first-order valence-electron chi connectivity index (χ1n) is 7.42. The van der Waals surface area contributed by atoms with E-state index in [1.807, 2.05) is 0 Å². The van der Waals surface area contributed by atoms with Crippen LogP contribution in [0.4, 0.5) is 0 Å². The van der Waals surface area contributed by atoms with Gasteiger partial charge in [0.15, 0.2) is 0 Å². The van der Waals surface area contributed by atoms with Crippen molar-refractivity contribution in [2.75, 3.05) is 19.6 Å². The lowest BCUT2D eigenvalue weighted by molar-refractivity contribution is 0.265. The molecule has 0 amide bonds. The molecule has 21 heavy (non-hydrogen) atoms. The molecular formula is C14H26N4O2S. The lowest BCUT2D eigenvalue weighted by Gasteiger charge is -2.20. The smallest absolute Gasteiger partial charge is 0.242 e. The Kier molecular flexibility index (Phi) is 5.08. The van der Waals surface area contributed by atoms with Gasteiger partial charge >= 0.3 is 0 Å². The Morgan fingerprint density at radius 2 is 2.19 bits per heavy atom. The largest absolute Gasteiger partial charge is 0.352 e. The van der Waals surface area contributed by atoms with E-state index < -0.39 is 10.0 Å². The number of hydrogen-bond donors (Lipinski definition) is 2. The molecule has 120 valence electrons. The average Bonchev–Trinajstić information content (AvgIpc) is 3.03. The fraction of sp³-hybridized carbons (Fsp3) is 0.714. The minimum atomic E-state index is -3.44. The molecule has 1 fully saturated rings. The molecule has 0 radical (unpaired) electrons. The number of nitrogens with two attached hydrogens (primary N) is 1. The second kappa shape index (κ2) is 6.48. The van der Waals surface area contributed by atoms with Gasteiger partial charge in [0.05, 0.1) is 4.90 Å². The predicted molar refractivity (Wildman–Crippen MR) is 83.3 cm³/mol. The molecule has 1 aromatic heterocycles. The number of aryl methyl sites for hydroxylation is 1. The Morgan fingerprint density at radius 1 is 1.48 bits per heavy atom. The highest BCUT2D eigenvalue weighted by atomic mass is 32.2. The number of hydrogen-bond acceptors (Lipinski definition) is 4. The van der Waals surface area contributed by atoms with Gasteiger partial charge in [-0.25, -0.2) is 13.1 Å². The first-order chi connectivity index (χ1) is 9.83. The van der Waals surface area contributed by atoms with Crippen molar-refractivity contribution in [2.45, 2.75) is 37.8 Å². The Bertz CT molecular complexity index is 580. The van der Waals surface area contributed by atoms with Crippen molar-refractivity contribution >= 4 is 10.0 Å². The van der Waals surface area contributed by atoms with Crippen LogP contribution in [0.1, 0.15) is 26.0 Å². The average molecular weight is 314 g/mol. The highest BCUT2D eigenvalue weighted by Crippen LogP contribution is 2.19. The third-order valence-corrected chi connectivity index (χ3v) is 5.60. The van der Waals surface area contributed by atoms with Gasteiger partial charge in [0.25, 0.3) is 0 Å². The summed E-state index contributed by atoms with van der Waals surface area (Å²) in [6.45, 7) is 7.18. The summed E-state index contributed by atoms with van der Waals surface area (Å²) in [4.78, 5) is 2.68. The topological polar surface area (TPSA) is 80.4 Å². The van der Waals surface area contributed by atoms with E-state index in [4.69, 9.17) is 5.73 Å². The maximum atomic E-state index is 12.3. The monoisotopic (exact) mass is 314 g/mol. The van der Waals surface area contributed by atoms with Crippen LogP contribution in [0.15, 0.2) is 17.2 Å². The molecule has 1 aliphatic rings. The van der Waals surface area contributed by atoms with E-state index in [1.54, 1.807) is 23.9 Å². The maximum Gasteiger partial charge on any atom is 0.242 e. The first kappa shape index (κ1) is 16.5. The molecule has 3 N–H and O–H groups in total. The maximum absolute atomic E-state index is 12.3. The Morgan fingerprint density at radius 3 is 2.71 bits per heavy atom. The van der Waals surface area contributed by atoms with Crippen LogP contribution < -0.4 is 10.5 Å².